The van der Waals surface area contributed by atoms with Crippen molar-refractivity contribution in [2.75, 3.05) is 20.1 Å². The Morgan fingerprint density at radius 3 is 2.69 bits per heavy atom. The normalized spacial score (nSPS) is 10.8. The first-order valence-electron chi connectivity index (χ1n) is 5.01. The minimum Gasteiger partial charge on any atom is -0.366 e. The molecule has 0 aliphatic rings. The number of nitrogens with two attached hydrogens (primary N) is 2. The molecule has 0 unspecified atom stereocenters. The van der Waals surface area contributed by atoms with Gasteiger partial charge < -0.3 is 16.4 Å². The second-order valence-electron chi connectivity index (χ2n) is 3.70. The van der Waals surface area contributed by atoms with Crippen LogP contribution >= 0.6 is 0 Å². The van der Waals surface area contributed by atoms with Crippen molar-refractivity contribution in [3.8, 4) is 0 Å². The molecule has 16 heavy (non-hydrogen) atoms. The van der Waals surface area contributed by atoms with E-state index >= 15 is 0 Å². The highest BCUT2D eigenvalue weighted by atomic mass is 19.1. The fourth-order valence-corrected chi connectivity index (χ4v) is 1.42. The minimum absolute atomic E-state index is 0.183. The lowest BCUT2D eigenvalue weighted by Gasteiger charge is -2.15. The molecule has 5 heteroatoms. The van der Waals surface area contributed by atoms with Crippen molar-refractivity contribution in [1.82, 2.24) is 4.90 Å². The third-order valence-electron chi connectivity index (χ3n) is 2.29. The van der Waals surface area contributed by atoms with E-state index in [9.17, 15) is 9.18 Å². The second kappa shape index (κ2) is 5.58. The van der Waals surface area contributed by atoms with E-state index in [-0.39, 0.29) is 5.56 Å². The van der Waals surface area contributed by atoms with Gasteiger partial charge in [0.25, 0.3) is 0 Å². The van der Waals surface area contributed by atoms with Crippen molar-refractivity contribution >= 4 is 5.91 Å². The van der Waals surface area contributed by atoms with Crippen LogP contribution in [0.1, 0.15) is 15.9 Å². The number of benzene rings is 1. The van der Waals surface area contributed by atoms with Gasteiger partial charge in [-0.05, 0) is 19.2 Å². The number of hydrogen-bond acceptors (Lipinski definition) is 3. The quantitative estimate of drug-likeness (QED) is 0.757. The maximum atomic E-state index is 13.5. The number of halogens is 1. The number of likely N-dealkylation sites (N-methyl/N-ethyl adjacent to an activating group) is 1. The summed E-state index contributed by atoms with van der Waals surface area (Å²) in [6, 6.07) is 4.26. The third-order valence-corrected chi connectivity index (χ3v) is 2.29. The molecule has 1 amide bonds. The zero-order valence-electron chi connectivity index (χ0n) is 9.24. The summed E-state index contributed by atoms with van der Waals surface area (Å²) >= 11 is 0. The first-order valence-corrected chi connectivity index (χ1v) is 5.01. The summed E-state index contributed by atoms with van der Waals surface area (Å²) in [4.78, 5) is 12.7. The van der Waals surface area contributed by atoms with Crippen molar-refractivity contribution < 1.29 is 9.18 Å². The van der Waals surface area contributed by atoms with E-state index in [0.717, 1.165) is 6.07 Å². The molecule has 1 aromatic rings. The van der Waals surface area contributed by atoms with Crippen LogP contribution in [0.5, 0.6) is 0 Å². The molecular weight excluding hydrogens is 209 g/mol. The van der Waals surface area contributed by atoms with E-state index in [1.54, 1.807) is 6.07 Å². The standard InChI is InChI=1S/C11H16FN3O/c1-15(5-4-13)7-9-3-2-8(11(14)16)6-10(9)12/h2-3,6H,4-5,7,13H2,1H3,(H2,14,16). The molecule has 0 saturated heterocycles. The van der Waals surface area contributed by atoms with E-state index in [2.05, 4.69) is 0 Å². The van der Waals surface area contributed by atoms with E-state index in [0.29, 0.717) is 25.2 Å². The predicted molar refractivity (Wildman–Crippen MR) is 60.3 cm³/mol. The molecule has 88 valence electrons. The topological polar surface area (TPSA) is 72.3 Å². The Kier molecular flexibility index (Phi) is 4.39. The largest absolute Gasteiger partial charge is 0.366 e. The monoisotopic (exact) mass is 225 g/mol. The van der Waals surface area contributed by atoms with Gasteiger partial charge in [-0.15, -0.1) is 0 Å². The predicted octanol–water partition coefficient (Wildman–Crippen LogP) is 0.315. The van der Waals surface area contributed by atoms with E-state index in [4.69, 9.17) is 11.5 Å². The lowest BCUT2D eigenvalue weighted by atomic mass is 10.1. The highest BCUT2D eigenvalue weighted by Crippen LogP contribution is 2.11. The lowest BCUT2D eigenvalue weighted by Crippen LogP contribution is -2.25. The molecule has 0 fully saturated rings. The van der Waals surface area contributed by atoms with Crippen LogP contribution in [0.2, 0.25) is 0 Å². The highest BCUT2D eigenvalue weighted by molar-refractivity contribution is 5.92. The number of hydrogen-bond donors (Lipinski definition) is 2. The highest BCUT2D eigenvalue weighted by Gasteiger charge is 2.08. The number of primary amides is 1. The first-order chi connectivity index (χ1) is 7.54. The van der Waals surface area contributed by atoms with Crippen molar-refractivity contribution in [3.63, 3.8) is 0 Å². The number of nitrogens with zero attached hydrogens (tertiary/aromatic N) is 1. The van der Waals surface area contributed by atoms with E-state index in [1.807, 2.05) is 11.9 Å². The Hall–Kier alpha value is -1.46. The van der Waals surface area contributed by atoms with Crippen LogP contribution in [0.25, 0.3) is 0 Å². The molecule has 0 aliphatic heterocycles. The van der Waals surface area contributed by atoms with Gasteiger partial charge in [0.05, 0.1) is 0 Å². The van der Waals surface area contributed by atoms with Gasteiger partial charge in [-0.25, -0.2) is 4.39 Å². The fourth-order valence-electron chi connectivity index (χ4n) is 1.42. The molecule has 1 rings (SSSR count). The van der Waals surface area contributed by atoms with E-state index < -0.39 is 11.7 Å². The number of carbonyl (C=O) groups is 1. The van der Waals surface area contributed by atoms with E-state index in [1.165, 1.54) is 6.07 Å². The van der Waals surface area contributed by atoms with Gasteiger partial charge in [-0.3, -0.25) is 4.79 Å². The summed E-state index contributed by atoms with van der Waals surface area (Å²) in [5.74, 6) is -1.04. The summed E-state index contributed by atoms with van der Waals surface area (Å²) < 4.78 is 13.5. The van der Waals surface area contributed by atoms with Crippen molar-refractivity contribution in [2.45, 2.75) is 6.54 Å². The first kappa shape index (κ1) is 12.6. The zero-order chi connectivity index (χ0) is 12.1. The molecule has 1 aromatic carbocycles. The molecule has 0 bridgehead atoms. The SMILES string of the molecule is CN(CCN)Cc1ccc(C(N)=O)cc1F. The lowest BCUT2D eigenvalue weighted by molar-refractivity contribution is 0.1000. The van der Waals surface area contributed by atoms with Crippen LogP contribution in [-0.2, 0) is 6.54 Å². The van der Waals surface area contributed by atoms with Crippen LogP contribution in [0.15, 0.2) is 18.2 Å². The van der Waals surface area contributed by atoms with Crippen LogP contribution in [0.3, 0.4) is 0 Å². The van der Waals surface area contributed by atoms with Crippen LogP contribution in [0, 0.1) is 5.82 Å². The minimum atomic E-state index is -0.624. The van der Waals surface area contributed by atoms with Gasteiger partial charge >= 0.3 is 0 Å². The summed E-state index contributed by atoms with van der Waals surface area (Å²) in [5.41, 5.74) is 11.1. The van der Waals surface area contributed by atoms with Gasteiger partial charge in [-0.2, -0.15) is 0 Å². The average Bonchev–Trinajstić information content (AvgIpc) is 2.21. The summed E-state index contributed by atoms with van der Waals surface area (Å²) in [7, 11) is 1.86. The molecular formula is C11H16FN3O. The molecule has 0 atom stereocenters. The van der Waals surface area contributed by atoms with Crippen LogP contribution in [0.4, 0.5) is 4.39 Å². The van der Waals surface area contributed by atoms with Gasteiger partial charge in [0, 0.05) is 30.8 Å². The zero-order valence-corrected chi connectivity index (χ0v) is 9.24. The van der Waals surface area contributed by atoms with Gasteiger partial charge in [0.15, 0.2) is 0 Å². The van der Waals surface area contributed by atoms with Crippen molar-refractivity contribution in [1.29, 1.82) is 0 Å². The molecule has 0 aliphatic carbocycles. The maximum Gasteiger partial charge on any atom is 0.248 e. The smallest absolute Gasteiger partial charge is 0.248 e. The summed E-state index contributed by atoms with van der Waals surface area (Å²) in [6.07, 6.45) is 0. The molecule has 0 aromatic heterocycles. The third kappa shape index (κ3) is 3.29. The summed E-state index contributed by atoms with van der Waals surface area (Å²) in [6.45, 7) is 1.68. The molecule has 4 nitrogen and oxygen atoms in total. The molecule has 0 saturated carbocycles. The molecule has 0 spiro atoms. The van der Waals surface area contributed by atoms with Gasteiger partial charge in [-0.1, -0.05) is 6.07 Å². The van der Waals surface area contributed by atoms with Crippen LogP contribution < -0.4 is 11.5 Å². The number of rotatable bonds is 5. The number of carbonyl (C=O) groups excluding carboxylic acids is 1. The molecule has 0 heterocycles. The Morgan fingerprint density at radius 2 is 2.19 bits per heavy atom. The molecule has 0 radical (unpaired) electrons. The average molecular weight is 225 g/mol. The van der Waals surface area contributed by atoms with Crippen molar-refractivity contribution in [2.24, 2.45) is 11.5 Å². The summed E-state index contributed by atoms with van der Waals surface area (Å²) in [5, 5.41) is 0. The van der Waals surface area contributed by atoms with Crippen LogP contribution in [-0.4, -0.2) is 30.9 Å². The number of amides is 1. The fraction of sp³-hybridized carbons (Fsp3) is 0.364. The maximum absolute atomic E-state index is 13.5. The Labute approximate surface area is 94.0 Å². The second-order valence-corrected chi connectivity index (χ2v) is 3.70. The molecule has 4 N–H and O–H groups in total. The van der Waals surface area contributed by atoms with Gasteiger partial charge in [0.2, 0.25) is 5.91 Å². The van der Waals surface area contributed by atoms with Crippen molar-refractivity contribution in [3.05, 3.63) is 35.1 Å². The Balaban J connectivity index is 2.79. The van der Waals surface area contributed by atoms with Gasteiger partial charge in [0.1, 0.15) is 5.82 Å². The Morgan fingerprint density at radius 1 is 1.50 bits per heavy atom. The Bertz CT molecular complexity index is 381.